The molecule has 10 heteroatoms. The first-order valence-corrected chi connectivity index (χ1v) is 5.58. The molecule has 0 bridgehead atoms. The minimum atomic E-state index is -5.04. The van der Waals surface area contributed by atoms with Crippen LogP contribution in [0.25, 0.3) is 0 Å². The second-order valence-electron chi connectivity index (χ2n) is 3.07. The minimum absolute atomic E-state index is 0.161. The second-order valence-corrected chi connectivity index (χ2v) is 4.57. The average Bonchev–Trinajstić information content (AvgIpc) is 2.06. The summed E-state index contributed by atoms with van der Waals surface area (Å²) in [6, 6.07) is 0.645. The van der Waals surface area contributed by atoms with E-state index in [0.717, 1.165) is 0 Å². The van der Waals surface area contributed by atoms with Crippen molar-refractivity contribution in [2.24, 2.45) is 5.14 Å². The van der Waals surface area contributed by atoms with Gasteiger partial charge >= 0.3 is 6.36 Å². The topological polar surface area (TPSA) is 102 Å². The zero-order valence-electron chi connectivity index (χ0n) is 8.33. The second kappa shape index (κ2) is 4.04. The van der Waals surface area contributed by atoms with E-state index < -0.39 is 32.7 Å². The van der Waals surface area contributed by atoms with Crippen LogP contribution in [0.2, 0.25) is 0 Å². The van der Waals surface area contributed by atoms with Gasteiger partial charge in [-0.3, -0.25) is 4.79 Å². The fourth-order valence-corrected chi connectivity index (χ4v) is 1.83. The highest BCUT2D eigenvalue weighted by atomic mass is 32.2. The van der Waals surface area contributed by atoms with Gasteiger partial charge in [0.25, 0.3) is 15.6 Å². The first-order valence-electron chi connectivity index (χ1n) is 4.03. The summed E-state index contributed by atoms with van der Waals surface area (Å²) in [4.78, 5) is 12.8. The molecule has 1 heterocycles. The predicted octanol–water partition coefficient (Wildman–Crippen LogP) is 0.229. The predicted molar refractivity (Wildman–Crippen MR) is 49.9 cm³/mol. The molecule has 0 radical (unpaired) electrons. The van der Waals surface area contributed by atoms with E-state index in [1.54, 1.807) is 4.98 Å². The van der Waals surface area contributed by atoms with Crippen LogP contribution in [-0.2, 0) is 10.0 Å². The Morgan fingerprint density at radius 2 is 1.94 bits per heavy atom. The number of H-pyrrole nitrogens is 1. The minimum Gasteiger partial charge on any atom is -0.400 e. The summed E-state index contributed by atoms with van der Waals surface area (Å²) < 4.78 is 60.9. The Morgan fingerprint density at radius 3 is 2.35 bits per heavy atom. The van der Waals surface area contributed by atoms with Gasteiger partial charge in [0, 0.05) is 0 Å². The SMILES string of the molecule is Cc1cc(OC(F)(F)F)c(=O)[nH]c1S(N)(=O)=O. The van der Waals surface area contributed by atoms with Crippen LogP contribution in [0.1, 0.15) is 5.56 Å². The molecule has 0 atom stereocenters. The lowest BCUT2D eigenvalue weighted by Crippen LogP contribution is -2.25. The first-order chi connectivity index (χ1) is 7.50. The summed E-state index contributed by atoms with van der Waals surface area (Å²) in [5, 5.41) is 4.09. The summed E-state index contributed by atoms with van der Waals surface area (Å²) in [5.74, 6) is -1.05. The van der Waals surface area contributed by atoms with Crippen LogP contribution in [0.3, 0.4) is 0 Å². The fourth-order valence-electron chi connectivity index (χ4n) is 1.09. The Morgan fingerprint density at radius 1 is 1.41 bits per heavy atom. The van der Waals surface area contributed by atoms with E-state index in [9.17, 15) is 26.4 Å². The molecule has 0 spiro atoms. The van der Waals surface area contributed by atoms with Crippen LogP contribution in [0.4, 0.5) is 13.2 Å². The summed E-state index contributed by atoms with van der Waals surface area (Å²) in [6.07, 6.45) is -5.04. The monoisotopic (exact) mass is 272 g/mol. The van der Waals surface area contributed by atoms with E-state index >= 15 is 0 Å². The number of aromatic nitrogens is 1. The van der Waals surface area contributed by atoms with Gasteiger partial charge in [-0.2, -0.15) is 0 Å². The summed E-state index contributed by atoms with van der Waals surface area (Å²) in [6.45, 7) is 1.17. The van der Waals surface area contributed by atoms with Crippen molar-refractivity contribution in [1.82, 2.24) is 4.98 Å². The number of halogens is 3. The maximum absolute atomic E-state index is 11.9. The number of sulfonamides is 1. The van der Waals surface area contributed by atoms with Gasteiger partial charge in [-0.25, -0.2) is 13.6 Å². The zero-order chi connectivity index (χ0) is 13.4. The molecule has 96 valence electrons. The maximum Gasteiger partial charge on any atom is 0.573 e. The van der Waals surface area contributed by atoms with E-state index in [2.05, 4.69) is 4.74 Å². The molecule has 1 aromatic rings. The smallest absolute Gasteiger partial charge is 0.400 e. The van der Waals surface area contributed by atoms with Crippen LogP contribution >= 0.6 is 0 Å². The number of rotatable bonds is 2. The molecule has 0 aliphatic carbocycles. The third kappa shape index (κ3) is 3.46. The molecule has 0 saturated heterocycles. The van der Waals surface area contributed by atoms with Crippen molar-refractivity contribution in [3.63, 3.8) is 0 Å². The van der Waals surface area contributed by atoms with Crippen LogP contribution in [0, 0.1) is 6.92 Å². The molecule has 0 aliphatic rings. The van der Waals surface area contributed by atoms with Crippen molar-refractivity contribution in [3.8, 4) is 5.75 Å². The molecule has 1 rings (SSSR count). The third-order valence-corrected chi connectivity index (χ3v) is 2.66. The van der Waals surface area contributed by atoms with E-state index in [4.69, 9.17) is 5.14 Å². The molecular formula is C7H7F3N2O4S. The number of alkyl halides is 3. The number of hydrogen-bond donors (Lipinski definition) is 2. The standard InChI is InChI=1S/C7H7F3N2O4S/c1-3-2-4(16-7(8,9)10)5(13)12-6(3)17(11,14)15/h2H,1H3,(H,12,13)(H2,11,14,15). The number of nitrogens with two attached hydrogens (primary N) is 1. The Bertz CT molecular complexity index is 590. The summed E-state index contributed by atoms with van der Waals surface area (Å²) >= 11 is 0. The summed E-state index contributed by atoms with van der Waals surface area (Å²) in [5.41, 5.74) is -1.50. The van der Waals surface area contributed by atoms with Crippen LogP contribution < -0.4 is 15.4 Å². The highest BCUT2D eigenvalue weighted by Crippen LogP contribution is 2.21. The average molecular weight is 272 g/mol. The van der Waals surface area contributed by atoms with Gasteiger partial charge in [-0.05, 0) is 18.6 Å². The molecule has 17 heavy (non-hydrogen) atoms. The lowest BCUT2D eigenvalue weighted by Gasteiger charge is -2.09. The molecular weight excluding hydrogens is 265 g/mol. The van der Waals surface area contributed by atoms with Crippen molar-refractivity contribution >= 4 is 10.0 Å². The number of aromatic amines is 1. The Hall–Kier alpha value is -1.55. The fraction of sp³-hybridized carbons (Fsp3) is 0.286. The normalized spacial score (nSPS) is 12.5. The van der Waals surface area contributed by atoms with Crippen molar-refractivity contribution in [2.75, 3.05) is 0 Å². The molecule has 6 nitrogen and oxygen atoms in total. The number of ether oxygens (including phenoxy) is 1. The molecule has 0 amide bonds. The Balaban J connectivity index is 3.34. The number of aryl methyl sites for hydroxylation is 1. The number of pyridine rings is 1. The van der Waals surface area contributed by atoms with Crippen LogP contribution in [-0.4, -0.2) is 19.8 Å². The van der Waals surface area contributed by atoms with Gasteiger partial charge in [0.15, 0.2) is 10.8 Å². The quantitative estimate of drug-likeness (QED) is 0.804. The number of hydrogen-bond acceptors (Lipinski definition) is 4. The van der Waals surface area contributed by atoms with E-state index in [1.807, 2.05) is 0 Å². The van der Waals surface area contributed by atoms with Gasteiger partial charge in [-0.15, -0.1) is 13.2 Å². The molecule has 0 fully saturated rings. The maximum atomic E-state index is 11.9. The van der Waals surface area contributed by atoms with E-state index in [0.29, 0.717) is 6.07 Å². The van der Waals surface area contributed by atoms with Gasteiger partial charge < -0.3 is 9.72 Å². The molecule has 0 unspecified atom stereocenters. The van der Waals surface area contributed by atoms with Crippen molar-refractivity contribution < 1.29 is 26.3 Å². The van der Waals surface area contributed by atoms with E-state index in [-0.39, 0.29) is 5.56 Å². The van der Waals surface area contributed by atoms with Gasteiger partial charge in [-0.1, -0.05) is 0 Å². The van der Waals surface area contributed by atoms with Gasteiger partial charge in [0.1, 0.15) is 0 Å². The number of nitrogens with one attached hydrogen (secondary N) is 1. The van der Waals surface area contributed by atoms with Crippen molar-refractivity contribution in [3.05, 3.63) is 22.0 Å². The lowest BCUT2D eigenvalue weighted by molar-refractivity contribution is -0.275. The Labute approximate surface area is 93.3 Å². The van der Waals surface area contributed by atoms with Crippen LogP contribution in [0.15, 0.2) is 15.9 Å². The van der Waals surface area contributed by atoms with Gasteiger partial charge in [0.05, 0.1) is 0 Å². The van der Waals surface area contributed by atoms with Crippen LogP contribution in [0.5, 0.6) is 5.75 Å². The third-order valence-electron chi connectivity index (χ3n) is 1.67. The Kier molecular flexibility index (Phi) is 3.21. The molecule has 0 saturated carbocycles. The first kappa shape index (κ1) is 13.5. The molecule has 3 N–H and O–H groups in total. The molecule has 1 aromatic heterocycles. The summed E-state index contributed by atoms with van der Waals surface area (Å²) in [7, 11) is -4.21. The zero-order valence-corrected chi connectivity index (χ0v) is 9.15. The van der Waals surface area contributed by atoms with Gasteiger partial charge in [0.2, 0.25) is 0 Å². The van der Waals surface area contributed by atoms with E-state index in [1.165, 1.54) is 6.92 Å². The van der Waals surface area contributed by atoms with Crippen molar-refractivity contribution in [2.45, 2.75) is 18.3 Å². The lowest BCUT2D eigenvalue weighted by atomic mass is 10.3. The van der Waals surface area contributed by atoms with Crippen molar-refractivity contribution in [1.29, 1.82) is 0 Å². The molecule has 0 aliphatic heterocycles. The highest BCUT2D eigenvalue weighted by Gasteiger charge is 2.32. The largest absolute Gasteiger partial charge is 0.573 e. The highest BCUT2D eigenvalue weighted by molar-refractivity contribution is 7.89. The number of primary sulfonamides is 1. The molecule has 0 aromatic carbocycles.